The molecular formula is C32H27ClFN5O6. The van der Waals surface area contributed by atoms with E-state index in [0.29, 0.717) is 27.4 Å². The number of fused-ring (bicyclic) bond motifs is 4. The number of ether oxygens (including phenoxy) is 1. The van der Waals surface area contributed by atoms with Crippen LogP contribution < -0.4 is 21.5 Å². The van der Waals surface area contributed by atoms with E-state index in [-0.39, 0.29) is 24.5 Å². The van der Waals surface area contributed by atoms with E-state index in [0.717, 1.165) is 9.58 Å². The van der Waals surface area contributed by atoms with Crippen molar-refractivity contribution in [1.82, 2.24) is 18.9 Å². The topological polar surface area (TPSA) is 128 Å². The number of allylic oxidation sites excluding steroid dienone is 2. The Labute approximate surface area is 260 Å². The molecule has 1 aliphatic carbocycles. The summed E-state index contributed by atoms with van der Waals surface area (Å²) in [4.78, 5) is 55.9. The Morgan fingerprint density at radius 2 is 1.71 bits per heavy atom. The van der Waals surface area contributed by atoms with Gasteiger partial charge in [0.05, 0.1) is 36.7 Å². The zero-order chi connectivity index (χ0) is 31.8. The van der Waals surface area contributed by atoms with Crippen molar-refractivity contribution in [2.45, 2.75) is 30.3 Å². The molecule has 3 aliphatic rings. The number of methoxy groups -OCH3 is 1. The van der Waals surface area contributed by atoms with Crippen LogP contribution in [0.25, 0.3) is 0 Å². The van der Waals surface area contributed by atoms with Crippen molar-refractivity contribution in [1.29, 1.82) is 0 Å². The van der Waals surface area contributed by atoms with Crippen LogP contribution in [0.3, 0.4) is 0 Å². The van der Waals surface area contributed by atoms with Crippen molar-refractivity contribution >= 4 is 29.1 Å². The van der Waals surface area contributed by atoms with Crippen molar-refractivity contribution in [3.8, 4) is 11.5 Å². The van der Waals surface area contributed by atoms with E-state index in [1.54, 1.807) is 36.4 Å². The van der Waals surface area contributed by atoms with Crippen LogP contribution >= 0.6 is 11.6 Å². The maximum atomic E-state index is 15.0. The van der Waals surface area contributed by atoms with E-state index in [9.17, 15) is 28.7 Å². The molecule has 7 rings (SSSR count). The molecule has 1 saturated heterocycles. The number of amides is 2. The second-order valence-corrected chi connectivity index (χ2v) is 11.8. The van der Waals surface area contributed by atoms with Crippen LogP contribution in [0.5, 0.6) is 11.5 Å². The molecule has 3 aromatic carbocycles. The third-order valence-corrected chi connectivity index (χ3v) is 9.50. The molecule has 2 aliphatic heterocycles. The fraction of sp³-hybridized carbons (Fsp3) is 0.250. The minimum Gasteiger partial charge on any atom is -0.504 e. The molecule has 11 nitrogen and oxygen atoms in total. The Kier molecular flexibility index (Phi) is 6.52. The molecule has 45 heavy (non-hydrogen) atoms. The van der Waals surface area contributed by atoms with Crippen LogP contribution in [-0.4, -0.2) is 43.0 Å². The van der Waals surface area contributed by atoms with Gasteiger partial charge in [0.15, 0.2) is 11.5 Å². The average molecular weight is 632 g/mol. The number of anilines is 1. The quantitative estimate of drug-likeness (QED) is 0.255. The second kappa shape index (κ2) is 10.2. The standard InChI is InChI=1S/C32H27ClFN5O6/c1-36-30(43)37-14-13-22-24(39(37)31(36)44)16-23-28(41)38(35-21-10-8-20(34)9-11-21)29(42)32(23,18-4-6-19(33)7-5-18)27(22)17-3-12-25(40)26(15-17)45-2/h3-13,15,23-24,27,35,40H,14,16H2,1-2H3/t23-,24+,27-,32+/m0/s1. The highest BCUT2D eigenvalue weighted by atomic mass is 35.5. The van der Waals surface area contributed by atoms with Gasteiger partial charge in [-0.2, -0.15) is 5.01 Å². The average Bonchev–Trinajstić information content (AvgIpc) is 3.39. The number of nitrogens with one attached hydrogen (secondary N) is 1. The lowest BCUT2D eigenvalue weighted by molar-refractivity contribution is -0.138. The van der Waals surface area contributed by atoms with Crippen molar-refractivity contribution in [3.05, 3.63) is 121 Å². The predicted molar refractivity (Wildman–Crippen MR) is 162 cm³/mol. The maximum Gasteiger partial charge on any atom is 0.347 e. The molecule has 0 bridgehead atoms. The van der Waals surface area contributed by atoms with Crippen LogP contribution in [0.1, 0.15) is 29.5 Å². The van der Waals surface area contributed by atoms with Gasteiger partial charge in [-0.15, -0.1) is 0 Å². The number of phenolic OH excluding ortho intramolecular Hbond substituents is 1. The summed E-state index contributed by atoms with van der Waals surface area (Å²) in [5.74, 6) is -3.46. The van der Waals surface area contributed by atoms with E-state index >= 15 is 0 Å². The SMILES string of the molecule is COc1cc([C@H]2C3=CCn4c(=O)n(C)c(=O)n4[C@@H]3C[C@H]3C(=O)N(Nc4ccc(F)cc4)C(=O)[C@@]23c2ccc(Cl)cc2)ccc1O. The van der Waals surface area contributed by atoms with Gasteiger partial charge in [-0.25, -0.2) is 27.9 Å². The van der Waals surface area contributed by atoms with Gasteiger partial charge in [0.2, 0.25) is 0 Å². The minimum atomic E-state index is -1.56. The van der Waals surface area contributed by atoms with Gasteiger partial charge in [-0.1, -0.05) is 35.9 Å². The largest absolute Gasteiger partial charge is 0.504 e. The number of aromatic nitrogens is 3. The van der Waals surface area contributed by atoms with Gasteiger partial charge in [0.25, 0.3) is 11.8 Å². The first kappa shape index (κ1) is 28.7. The first-order valence-electron chi connectivity index (χ1n) is 14.2. The van der Waals surface area contributed by atoms with Crippen molar-refractivity contribution in [3.63, 3.8) is 0 Å². The zero-order valence-corrected chi connectivity index (χ0v) is 24.9. The van der Waals surface area contributed by atoms with Crippen molar-refractivity contribution in [2.24, 2.45) is 13.0 Å². The van der Waals surface area contributed by atoms with Crippen LogP contribution in [0.15, 0.2) is 88.0 Å². The molecule has 0 unspecified atom stereocenters. The second-order valence-electron chi connectivity index (χ2n) is 11.4. The third-order valence-electron chi connectivity index (χ3n) is 9.25. The summed E-state index contributed by atoms with van der Waals surface area (Å²) in [6.45, 7) is 0.0630. The number of hydrazine groups is 1. The van der Waals surface area contributed by atoms with E-state index in [2.05, 4.69) is 5.43 Å². The summed E-state index contributed by atoms with van der Waals surface area (Å²) < 4.78 is 22.9. The Bertz CT molecular complexity index is 2030. The van der Waals surface area contributed by atoms with Gasteiger partial charge < -0.3 is 9.84 Å². The summed E-state index contributed by atoms with van der Waals surface area (Å²) in [5.41, 5.74) is 2.32. The maximum absolute atomic E-state index is 15.0. The van der Waals surface area contributed by atoms with Crippen LogP contribution in [0, 0.1) is 11.7 Å². The number of hydrogen-bond donors (Lipinski definition) is 2. The fourth-order valence-electron chi connectivity index (χ4n) is 7.27. The Hall–Kier alpha value is -5.10. The first-order valence-corrected chi connectivity index (χ1v) is 14.6. The van der Waals surface area contributed by atoms with Crippen LogP contribution in [0.2, 0.25) is 5.02 Å². The number of halogens is 2. The van der Waals surface area contributed by atoms with Crippen LogP contribution in [0.4, 0.5) is 10.1 Å². The first-order chi connectivity index (χ1) is 21.6. The van der Waals surface area contributed by atoms with Gasteiger partial charge >= 0.3 is 11.4 Å². The smallest absolute Gasteiger partial charge is 0.347 e. The molecule has 3 heterocycles. The summed E-state index contributed by atoms with van der Waals surface area (Å²) in [6.07, 6.45) is 1.85. The van der Waals surface area contributed by atoms with Gasteiger partial charge in [-0.05, 0) is 71.7 Å². The number of imide groups is 1. The van der Waals surface area contributed by atoms with E-state index in [1.165, 1.54) is 53.9 Å². The lowest BCUT2D eigenvalue weighted by Crippen LogP contribution is -2.53. The van der Waals surface area contributed by atoms with Gasteiger partial charge in [0, 0.05) is 18.0 Å². The molecule has 230 valence electrons. The third kappa shape index (κ3) is 4.01. The summed E-state index contributed by atoms with van der Waals surface area (Å²) >= 11 is 6.28. The number of phenols is 1. The molecule has 2 N–H and O–H groups in total. The Morgan fingerprint density at radius 3 is 2.40 bits per heavy atom. The highest BCUT2D eigenvalue weighted by Gasteiger charge is 2.68. The zero-order valence-electron chi connectivity index (χ0n) is 24.1. The molecule has 1 aromatic heterocycles. The van der Waals surface area contributed by atoms with Gasteiger partial charge in [0.1, 0.15) is 5.82 Å². The molecular weight excluding hydrogens is 605 g/mol. The predicted octanol–water partition coefficient (Wildman–Crippen LogP) is 3.47. The number of aromatic hydroxyl groups is 1. The molecule has 0 radical (unpaired) electrons. The molecule has 2 fully saturated rings. The number of carbonyl (C=O) groups excluding carboxylic acids is 2. The highest BCUT2D eigenvalue weighted by Crippen LogP contribution is 2.62. The highest BCUT2D eigenvalue weighted by molar-refractivity contribution is 6.30. The number of benzene rings is 3. The molecule has 1 saturated carbocycles. The summed E-state index contributed by atoms with van der Waals surface area (Å²) in [5, 5.41) is 11.9. The number of rotatable bonds is 5. The van der Waals surface area contributed by atoms with E-state index < -0.39 is 52.3 Å². The Balaban J connectivity index is 1.51. The summed E-state index contributed by atoms with van der Waals surface area (Å²) in [6, 6.07) is 15.9. The molecule has 13 heteroatoms. The summed E-state index contributed by atoms with van der Waals surface area (Å²) in [7, 11) is 2.80. The Morgan fingerprint density at radius 1 is 1.00 bits per heavy atom. The molecule has 4 aromatic rings. The lowest BCUT2D eigenvalue weighted by Gasteiger charge is -2.49. The number of hydrogen-bond acceptors (Lipinski definition) is 7. The fourth-order valence-corrected chi connectivity index (χ4v) is 7.40. The molecule has 0 spiro atoms. The van der Waals surface area contributed by atoms with Crippen molar-refractivity contribution < 1.29 is 23.8 Å². The van der Waals surface area contributed by atoms with Crippen LogP contribution in [-0.2, 0) is 28.6 Å². The monoisotopic (exact) mass is 631 g/mol. The lowest BCUT2D eigenvalue weighted by atomic mass is 9.53. The molecule has 2 amide bonds. The van der Waals surface area contributed by atoms with E-state index in [1.807, 2.05) is 6.08 Å². The minimum absolute atomic E-state index is 0.0235. The van der Waals surface area contributed by atoms with Crippen molar-refractivity contribution in [2.75, 3.05) is 12.5 Å². The molecule has 4 atom stereocenters. The van der Waals surface area contributed by atoms with Gasteiger partial charge in [-0.3, -0.25) is 15.0 Å². The van der Waals surface area contributed by atoms with E-state index in [4.69, 9.17) is 16.3 Å². The number of nitrogens with zero attached hydrogens (tertiary/aromatic N) is 4. The number of carbonyl (C=O) groups is 2. The normalized spacial score (nSPS) is 23.7.